The number of halogens is 3. The van der Waals surface area contributed by atoms with Crippen LogP contribution in [0.1, 0.15) is 19.4 Å². The Morgan fingerprint density at radius 2 is 1.95 bits per heavy atom. The second kappa shape index (κ2) is 13.9. The van der Waals surface area contributed by atoms with E-state index in [-0.39, 0.29) is 25.0 Å². The van der Waals surface area contributed by atoms with Crippen LogP contribution in [0.15, 0.2) is 36.9 Å². The van der Waals surface area contributed by atoms with Crippen molar-refractivity contribution in [1.29, 1.82) is 0 Å². The fourth-order valence-electron chi connectivity index (χ4n) is 3.52. The van der Waals surface area contributed by atoms with Gasteiger partial charge in [-0.25, -0.2) is 19.5 Å². The molecular weight excluding hydrogens is 570 g/mol. The lowest BCUT2D eigenvalue weighted by atomic mass is 10.1. The monoisotopic (exact) mass is 601 g/mol. The van der Waals surface area contributed by atoms with Gasteiger partial charge in [0, 0.05) is 6.54 Å². The topological polar surface area (TPSA) is 187 Å². The maximum absolute atomic E-state index is 13.0. The number of carbonyl (C=O) groups excluding carboxylic acids is 2. The molecule has 1 saturated heterocycles. The number of nitrogens with zero attached hydrogens (tertiary/aromatic N) is 4. The molecule has 41 heavy (non-hydrogen) atoms. The summed E-state index contributed by atoms with van der Waals surface area (Å²) in [5.41, 5.74) is 13.8. The third-order valence-electron chi connectivity index (χ3n) is 5.53. The standard InChI is InChI=1S/C22H30N7O5P.C2HF3O/c1-14(2)8-25-22(30)18(23)7-15-3-5-16(6-4-15)34-35(31)13-32-17(10-33-35)9-29-12-28-19-20(24)26-11-27-21(19)29;3-2(4,5)1-6/h3-6,11-12,14,17-18H,7-10,13,23H2,1-2H3,(H,25,30)(H2,24,26,27);1H/t17-,18-,35?;/m0./s1. The van der Waals surface area contributed by atoms with E-state index in [2.05, 4.69) is 20.3 Å². The van der Waals surface area contributed by atoms with Crippen molar-refractivity contribution in [2.45, 2.75) is 45.1 Å². The zero-order valence-corrected chi connectivity index (χ0v) is 23.2. The smallest absolute Gasteiger partial charge is 0.423 e. The van der Waals surface area contributed by atoms with E-state index in [9.17, 15) is 22.5 Å². The Morgan fingerprint density at radius 1 is 1.27 bits per heavy atom. The predicted octanol–water partition coefficient (Wildman–Crippen LogP) is 2.44. The number of aromatic nitrogens is 4. The number of ether oxygens (including phenoxy) is 1. The van der Waals surface area contributed by atoms with Gasteiger partial charge in [-0.05, 0) is 30.0 Å². The molecule has 1 aliphatic rings. The van der Waals surface area contributed by atoms with Crippen LogP contribution in [0.2, 0.25) is 0 Å². The SMILES string of the molecule is CC(C)CNC(=O)[C@@H](N)Cc1ccc(OP2(=O)CO[C@@H](Cn3cnc4c(N)ncnc43)CO2)cc1.O=CC(F)(F)F. The molecule has 5 N–H and O–H groups in total. The maximum Gasteiger partial charge on any atom is 0.446 e. The Hall–Kier alpha value is -3.59. The van der Waals surface area contributed by atoms with E-state index in [1.54, 1.807) is 35.2 Å². The molecule has 3 atom stereocenters. The lowest BCUT2D eigenvalue weighted by Gasteiger charge is -2.29. The number of amides is 1. The van der Waals surface area contributed by atoms with E-state index in [4.69, 9.17) is 30.0 Å². The van der Waals surface area contributed by atoms with Gasteiger partial charge in [0.15, 0.2) is 17.8 Å². The number of hydrogen-bond acceptors (Lipinski definition) is 11. The van der Waals surface area contributed by atoms with Crippen molar-refractivity contribution in [3.8, 4) is 5.75 Å². The first kappa shape index (κ1) is 31.9. The van der Waals surface area contributed by atoms with E-state index in [1.807, 2.05) is 13.8 Å². The Labute approximate surface area is 233 Å². The first-order valence-electron chi connectivity index (χ1n) is 12.4. The van der Waals surface area contributed by atoms with Crippen LogP contribution in [0, 0.1) is 5.92 Å². The highest BCUT2D eigenvalue weighted by Crippen LogP contribution is 2.51. The summed E-state index contributed by atoms with van der Waals surface area (Å²) in [5.74, 6) is 0.844. The summed E-state index contributed by atoms with van der Waals surface area (Å²) >= 11 is 0. The number of nitrogen functional groups attached to an aromatic ring is 1. The molecule has 1 unspecified atom stereocenters. The number of imidazole rings is 1. The van der Waals surface area contributed by atoms with Crippen molar-refractivity contribution in [1.82, 2.24) is 24.8 Å². The molecule has 1 fully saturated rings. The maximum atomic E-state index is 13.0. The van der Waals surface area contributed by atoms with Gasteiger partial charge in [0.1, 0.15) is 23.7 Å². The van der Waals surface area contributed by atoms with Crippen LogP contribution < -0.4 is 21.3 Å². The molecule has 3 aromatic rings. The molecule has 1 amide bonds. The number of carbonyl (C=O) groups is 2. The van der Waals surface area contributed by atoms with E-state index >= 15 is 0 Å². The second-order valence-corrected chi connectivity index (χ2v) is 11.4. The third-order valence-corrected chi connectivity index (χ3v) is 7.03. The quantitative estimate of drug-likeness (QED) is 0.242. The molecule has 0 spiro atoms. The summed E-state index contributed by atoms with van der Waals surface area (Å²) in [6.45, 7) is 5.09. The molecule has 3 heterocycles. The third kappa shape index (κ3) is 9.78. The Morgan fingerprint density at radius 3 is 2.54 bits per heavy atom. The molecular formula is C24H31F3N7O6P. The minimum absolute atomic E-state index is 0.0793. The van der Waals surface area contributed by atoms with Gasteiger partial charge in [0.25, 0.3) is 0 Å². The Kier molecular flexibility index (Phi) is 10.8. The van der Waals surface area contributed by atoms with Crippen LogP contribution in [0.3, 0.4) is 0 Å². The normalized spacial score (nSPS) is 19.7. The van der Waals surface area contributed by atoms with Gasteiger partial charge in [0.2, 0.25) is 12.2 Å². The minimum Gasteiger partial charge on any atom is -0.423 e. The van der Waals surface area contributed by atoms with Crippen LogP contribution in [-0.4, -0.2) is 69.5 Å². The van der Waals surface area contributed by atoms with Crippen molar-refractivity contribution in [2.24, 2.45) is 11.7 Å². The Balaban J connectivity index is 0.000000696. The summed E-state index contributed by atoms with van der Waals surface area (Å²) in [6.07, 6.45) is -2.90. The van der Waals surface area contributed by atoms with E-state index < -0.39 is 26.1 Å². The number of aldehydes is 1. The number of fused-ring (bicyclic) bond motifs is 1. The lowest BCUT2D eigenvalue weighted by Crippen LogP contribution is -2.43. The van der Waals surface area contributed by atoms with Gasteiger partial charge < -0.3 is 30.6 Å². The summed E-state index contributed by atoms with van der Waals surface area (Å²) in [4.78, 5) is 33.1. The summed E-state index contributed by atoms with van der Waals surface area (Å²) < 4.78 is 63.0. The van der Waals surface area contributed by atoms with Crippen molar-refractivity contribution in [3.63, 3.8) is 0 Å². The van der Waals surface area contributed by atoms with Crippen LogP contribution in [0.25, 0.3) is 11.2 Å². The van der Waals surface area contributed by atoms with Gasteiger partial charge in [-0.3, -0.25) is 14.1 Å². The summed E-state index contributed by atoms with van der Waals surface area (Å²) in [6, 6.07) is 6.25. The average molecular weight is 602 g/mol. The number of hydrogen-bond donors (Lipinski definition) is 3. The highest BCUT2D eigenvalue weighted by atomic mass is 31.2. The molecule has 0 aliphatic carbocycles. The van der Waals surface area contributed by atoms with Gasteiger partial charge in [0.05, 0.1) is 25.5 Å². The van der Waals surface area contributed by atoms with Gasteiger partial charge in [-0.15, -0.1) is 0 Å². The highest BCUT2D eigenvalue weighted by Gasteiger charge is 2.35. The van der Waals surface area contributed by atoms with Crippen molar-refractivity contribution >= 4 is 36.8 Å². The minimum atomic E-state index is -4.64. The van der Waals surface area contributed by atoms with Crippen LogP contribution >= 0.6 is 7.60 Å². The van der Waals surface area contributed by atoms with Crippen molar-refractivity contribution < 1.29 is 41.1 Å². The predicted molar refractivity (Wildman–Crippen MR) is 142 cm³/mol. The van der Waals surface area contributed by atoms with Crippen molar-refractivity contribution in [3.05, 3.63) is 42.5 Å². The largest absolute Gasteiger partial charge is 0.446 e. The highest BCUT2D eigenvalue weighted by molar-refractivity contribution is 7.54. The summed E-state index contributed by atoms with van der Waals surface area (Å²) in [5, 5.41) is 2.83. The molecule has 1 aromatic carbocycles. The molecule has 0 bridgehead atoms. The van der Waals surface area contributed by atoms with Crippen molar-refractivity contribution in [2.75, 3.05) is 25.2 Å². The second-order valence-electron chi connectivity index (χ2n) is 9.50. The van der Waals surface area contributed by atoms with Crippen LogP contribution in [0.4, 0.5) is 19.0 Å². The van der Waals surface area contributed by atoms with Crippen LogP contribution in [0.5, 0.6) is 5.75 Å². The number of benzene rings is 1. The number of rotatable bonds is 9. The van der Waals surface area contributed by atoms with Crippen LogP contribution in [-0.2, 0) is 36.4 Å². The van der Waals surface area contributed by atoms with E-state index in [1.165, 1.54) is 6.33 Å². The molecule has 0 saturated carbocycles. The van der Waals surface area contributed by atoms with E-state index in [0.29, 0.717) is 48.2 Å². The molecule has 0 radical (unpaired) electrons. The first-order valence-corrected chi connectivity index (χ1v) is 14.1. The molecule has 13 nitrogen and oxygen atoms in total. The van der Waals surface area contributed by atoms with Gasteiger partial charge >= 0.3 is 13.8 Å². The molecule has 224 valence electrons. The van der Waals surface area contributed by atoms with E-state index in [0.717, 1.165) is 5.56 Å². The molecule has 2 aromatic heterocycles. The average Bonchev–Trinajstić information content (AvgIpc) is 3.33. The number of nitrogens with two attached hydrogens (primary N) is 2. The number of anilines is 1. The Bertz CT molecular complexity index is 1360. The molecule has 4 rings (SSSR count). The first-order chi connectivity index (χ1) is 19.3. The molecule has 17 heteroatoms. The van der Waals surface area contributed by atoms with Gasteiger partial charge in [-0.1, -0.05) is 26.0 Å². The fourth-order valence-corrected chi connectivity index (χ4v) is 4.93. The lowest BCUT2D eigenvalue weighted by molar-refractivity contribution is -0.156. The fraction of sp³-hybridized carbons (Fsp3) is 0.458. The molecule has 1 aliphatic heterocycles. The zero-order valence-electron chi connectivity index (χ0n) is 22.3. The summed E-state index contributed by atoms with van der Waals surface area (Å²) in [7, 11) is -3.48. The number of alkyl halides is 3. The number of nitrogens with one attached hydrogen (secondary N) is 1. The van der Waals surface area contributed by atoms with Gasteiger partial charge in [-0.2, -0.15) is 13.2 Å². The zero-order chi connectivity index (χ0) is 30.2.